The molecular weight excluding hydrogens is 817 g/mol. The highest BCUT2D eigenvalue weighted by molar-refractivity contribution is 5.30. The van der Waals surface area contributed by atoms with Crippen molar-refractivity contribution in [2.75, 3.05) is 19.8 Å². The summed E-state index contributed by atoms with van der Waals surface area (Å²) in [5.74, 6) is 1.63. The molecule has 0 radical (unpaired) electrons. The highest BCUT2D eigenvalue weighted by atomic mass is 16.8. The summed E-state index contributed by atoms with van der Waals surface area (Å²) in [7, 11) is 0. The van der Waals surface area contributed by atoms with E-state index in [9.17, 15) is 46.0 Å². The number of hydrogen-bond acceptors (Lipinski definition) is 15. The molecule has 9 N–H and O–H groups in total. The Morgan fingerprint density at radius 1 is 0.698 bits per heavy atom. The summed E-state index contributed by atoms with van der Waals surface area (Å²) >= 11 is 0. The van der Waals surface area contributed by atoms with E-state index in [4.69, 9.17) is 28.4 Å². The van der Waals surface area contributed by atoms with E-state index in [-0.39, 0.29) is 60.2 Å². The number of allylic oxidation sites excluding steroid dienone is 1. The van der Waals surface area contributed by atoms with Crippen LogP contribution in [-0.2, 0) is 28.4 Å². The van der Waals surface area contributed by atoms with Crippen molar-refractivity contribution in [1.29, 1.82) is 0 Å². The first kappa shape index (κ1) is 50.0. The minimum Gasteiger partial charge on any atom is -0.394 e. The molecule has 3 saturated heterocycles. The second-order valence-corrected chi connectivity index (χ2v) is 22.7. The molecule has 0 aromatic heterocycles. The van der Waals surface area contributed by atoms with Crippen molar-refractivity contribution in [3.05, 3.63) is 11.6 Å². The number of rotatable bonds is 14. The average molecular weight is 899 g/mol. The molecule has 15 nitrogen and oxygen atoms in total. The summed E-state index contributed by atoms with van der Waals surface area (Å²) in [6, 6.07) is 0. The Labute approximate surface area is 374 Å². The van der Waals surface area contributed by atoms with Crippen LogP contribution in [0.4, 0.5) is 0 Å². The second-order valence-electron chi connectivity index (χ2n) is 22.7. The first-order valence-electron chi connectivity index (χ1n) is 24.1. The Morgan fingerprint density at radius 3 is 1.83 bits per heavy atom. The van der Waals surface area contributed by atoms with Gasteiger partial charge in [0.05, 0.1) is 74.3 Å². The lowest BCUT2D eigenvalue weighted by atomic mass is 9.39. The summed E-state index contributed by atoms with van der Waals surface area (Å²) in [6.07, 6.45) is -2.67. The zero-order valence-corrected chi connectivity index (χ0v) is 39.1. The predicted octanol–water partition coefficient (Wildman–Crippen LogP) is 3.06. The van der Waals surface area contributed by atoms with E-state index in [0.717, 1.165) is 51.4 Å². The fourth-order valence-corrected chi connectivity index (χ4v) is 14.1. The molecule has 0 aromatic carbocycles. The third kappa shape index (κ3) is 9.24. The monoisotopic (exact) mass is 899 g/mol. The van der Waals surface area contributed by atoms with Crippen molar-refractivity contribution in [1.82, 2.24) is 0 Å². The van der Waals surface area contributed by atoms with Crippen LogP contribution in [0.25, 0.3) is 0 Å². The van der Waals surface area contributed by atoms with Gasteiger partial charge in [-0.2, -0.15) is 0 Å². The molecule has 7 rings (SSSR count). The lowest BCUT2D eigenvalue weighted by Crippen LogP contribution is -2.60. The molecule has 3 heterocycles. The van der Waals surface area contributed by atoms with Crippen LogP contribution in [0.2, 0.25) is 0 Å². The van der Waals surface area contributed by atoms with Crippen LogP contribution in [0.3, 0.4) is 0 Å². The summed E-state index contributed by atoms with van der Waals surface area (Å²) in [5, 5.41) is 94.7. The highest BCUT2D eigenvalue weighted by Gasteiger charge is 2.67. The SMILES string of the molecule is C[C@H](CC[C@@H](O[C@@H]1O[C@H](CO)C[C@H](O)C1O[C@@H]1OC(CO)C[C@H](O)[C@H]1O)C(C)(C)O)C1CC[C@@]2(C)C3CC=C4C(CC[C@H](O[C@@H]5O[C@H](CO)C[C@H](O)[C@H]5O)C4(C)C)[C@]3(C)CC[C@]12C. The van der Waals surface area contributed by atoms with Gasteiger partial charge in [0, 0.05) is 24.7 Å². The van der Waals surface area contributed by atoms with Crippen molar-refractivity contribution in [3.63, 3.8) is 0 Å². The molecule has 3 saturated carbocycles. The fraction of sp³-hybridized carbons (Fsp3) is 0.958. The lowest BCUT2D eigenvalue weighted by Gasteiger charge is -2.66. The summed E-state index contributed by atoms with van der Waals surface area (Å²) in [4.78, 5) is 0. The normalized spacial score (nSPS) is 48.7. The van der Waals surface area contributed by atoms with Gasteiger partial charge in [-0.3, -0.25) is 0 Å². The van der Waals surface area contributed by atoms with E-state index < -0.39 is 92.1 Å². The maximum absolute atomic E-state index is 11.5. The van der Waals surface area contributed by atoms with E-state index in [1.807, 2.05) is 0 Å². The van der Waals surface area contributed by atoms with Crippen molar-refractivity contribution < 1.29 is 74.4 Å². The van der Waals surface area contributed by atoms with Crippen LogP contribution < -0.4 is 0 Å². The molecular formula is C48H82O15. The number of fused-ring (bicyclic) bond motifs is 5. The Balaban J connectivity index is 1.03. The molecule has 21 atom stereocenters. The van der Waals surface area contributed by atoms with Crippen LogP contribution in [-0.4, -0.2) is 157 Å². The number of ether oxygens (including phenoxy) is 6. The van der Waals surface area contributed by atoms with Crippen LogP contribution in [0.15, 0.2) is 11.6 Å². The summed E-state index contributed by atoms with van der Waals surface area (Å²) < 4.78 is 36.9. The van der Waals surface area contributed by atoms with Gasteiger partial charge in [-0.15, -0.1) is 0 Å². The van der Waals surface area contributed by atoms with Crippen LogP contribution >= 0.6 is 0 Å². The van der Waals surface area contributed by atoms with Gasteiger partial charge < -0.3 is 74.4 Å². The average Bonchev–Trinajstić information content (AvgIpc) is 3.51. The van der Waals surface area contributed by atoms with Gasteiger partial charge in [-0.1, -0.05) is 53.2 Å². The van der Waals surface area contributed by atoms with Crippen molar-refractivity contribution in [2.24, 2.45) is 45.3 Å². The molecule has 0 aromatic rings. The van der Waals surface area contributed by atoms with E-state index >= 15 is 0 Å². The molecule has 0 amide bonds. The number of hydrogen-bond donors (Lipinski definition) is 9. The largest absolute Gasteiger partial charge is 0.394 e. The van der Waals surface area contributed by atoms with E-state index in [1.54, 1.807) is 13.8 Å². The zero-order valence-electron chi connectivity index (χ0n) is 39.1. The van der Waals surface area contributed by atoms with Crippen molar-refractivity contribution in [3.8, 4) is 0 Å². The Kier molecular flexibility index (Phi) is 15.0. The predicted molar refractivity (Wildman–Crippen MR) is 229 cm³/mol. The molecule has 364 valence electrons. The molecule has 63 heavy (non-hydrogen) atoms. The smallest absolute Gasteiger partial charge is 0.187 e. The van der Waals surface area contributed by atoms with E-state index in [0.29, 0.717) is 30.1 Å². The van der Waals surface area contributed by atoms with Gasteiger partial charge in [-0.25, -0.2) is 0 Å². The molecule has 6 fully saturated rings. The minimum absolute atomic E-state index is 0.0183. The fourth-order valence-electron chi connectivity index (χ4n) is 14.1. The molecule has 0 spiro atoms. The molecule has 15 heteroatoms. The summed E-state index contributed by atoms with van der Waals surface area (Å²) in [6.45, 7) is 16.8. The topological polar surface area (TPSA) is 237 Å². The Hall–Kier alpha value is -0.860. The Morgan fingerprint density at radius 2 is 1.25 bits per heavy atom. The summed E-state index contributed by atoms with van der Waals surface area (Å²) in [5.41, 5.74) is 0.0843. The molecule has 3 aliphatic heterocycles. The first-order chi connectivity index (χ1) is 29.5. The third-order valence-electron chi connectivity index (χ3n) is 18.2. The highest BCUT2D eigenvalue weighted by Crippen LogP contribution is 2.75. The van der Waals surface area contributed by atoms with Gasteiger partial charge in [0.2, 0.25) is 0 Å². The lowest BCUT2D eigenvalue weighted by molar-refractivity contribution is -0.355. The minimum atomic E-state index is -1.44. The van der Waals surface area contributed by atoms with Crippen molar-refractivity contribution >= 4 is 0 Å². The number of aliphatic hydroxyl groups is 9. The van der Waals surface area contributed by atoms with E-state index in [2.05, 4.69) is 47.6 Å². The van der Waals surface area contributed by atoms with Crippen LogP contribution in [0.5, 0.6) is 0 Å². The quantitative estimate of drug-likeness (QED) is 0.114. The maximum Gasteiger partial charge on any atom is 0.187 e. The maximum atomic E-state index is 11.5. The second kappa shape index (κ2) is 18.9. The molecule has 4 aliphatic carbocycles. The standard InChI is InChI=1S/C48H82O15/c1-25(9-13-37(45(4,5)57)62-43-40(34(54)21-28(24-51)60-43)63-42-39(56)33(53)20-27(23-50)59-42)29-15-16-48(8)35-12-10-30-31(46(35,6)17-18-47(29,48)7)11-14-36(44(30,2)3)61-41-38(55)32(52)19-26(22-49)58-41/h10,25-29,31-43,49-57H,9,11-24H2,1-8H3/t25-,26+,27?,28+,29?,31?,32+,33+,34+,35?,36+,37-,38-,39-,40?,41+,42+,43+,46+,47-,48+/m1/s1. The third-order valence-corrected chi connectivity index (χ3v) is 18.2. The first-order valence-corrected chi connectivity index (χ1v) is 24.1. The van der Waals surface area contributed by atoms with Crippen LogP contribution in [0, 0.1) is 45.3 Å². The van der Waals surface area contributed by atoms with Crippen LogP contribution in [0.1, 0.15) is 132 Å². The molecule has 7 aliphatic rings. The van der Waals surface area contributed by atoms with Gasteiger partial charge >= 0.3 is 0 Å². The molecule has 0 bridgehead atoms. The van der Waals surface area contributed by atoms with E-state index in [1.165, 1.54) is 5.57 Å². The van der Waals surface area contributed by atoms with Crippen molar-refractivity contribution in [2.45, 2.75) is 224 Å². The molecule has 5 unspecified atom stereocenters. The zero-order chi connectivity index (χ0) is 46.0. The van der Waals surface area contributed by atoms with Gasteiger partial charge in [-0.05, 0) is 112 Å². The van der Waals surface area contributed by atoms with Gasteiger partial charge in [0.25, 0.3) is 0 Å². The van der Waals surface area contributed by atoms with Gasteiger partial charge in [0.15, 0.2) is 18.9 Å². The van der Waals surface area contributed by atoms with Gasteiger partial charge in [0.1, 0.15) is 18.3 Å². The Bertz CT molecular complexity index is 1570. The number of aliphatic hydroxyl groups excluding tert-OH is 8.